The number of rotatable bonds is 6. The number of carboxylic acid groups (broad SMARTS) is 1. The summed E-state index contributed by atoms with van der Waals surface area (Å²) in [7, 11) is 0. The molecule has 0 radical (unpaired) electrons. The van der Waals surface area contributed by atoms with Gasteiger partial charge in [-0.05, 0) is 49.4 Å². The Hall–Kier alpha value is -3.65. The number of carboxylic acids is 1. The third-order valence-electron chi connectivity index (χ3n) is 4.04. The van der Waals surface area contributed by atoms with E-state index in [1.54, 1.807) is 6.92 Å². The fourth-order valence-corrected chi connectivity index (χ4v) is 2.89. The van der Waals surface area contributed by atoms with Crippen LogP contribution in [0.15, 0.2) is 59.3 Å². The molecule has 2 aromatic rings. The first-order valence-corrected chi connectivity index (χ1v) is 8.87. The highest BCUT2D eigenvalue weighted by atomic mass is 35.5. The number of carbonyl (C=O) groups is 4. The van der Waals surface area contributed by atoms with Gasteiger partial charge in [0.05, 0.1) is 23.4 Å². The van der Waals surface area contributed by atoms with E-state index in [4.69, 9.17) is 21.4 Å². The predicted octanol–water partition coefficient (Wildman–Crippen LogP) is 3.00. The molecule has 0 aliphatic carbocycles. The zero-order valence-corrected chi connectivity index (χ0v) is 15.9. The molecule has 29 heavy (non-hydrogen) atoms. The Kier molecular flexibility index (Phi) is 5.65. The number of hydrogen-bond acceptors (Lipinski definition) is 6. The van der Waals surface area contributed by atoms with Crippen LogP contribution in [-0.2, 0) is 14.3 Å². The summed E-state index contributed by atoms with van der Waals surface area (Å²) in [5.74, 6) is -3.12. The molecule has 1 aliphatic heterocycles. The first-order valence-electron chi connectivity index (χ1n) is 8.49. The standard InChI is InChI=1S/C20H15ClN2O6/c1-2-29-20(28)12-4-3-5-14(10-12)23-17(24)15(21)16(18(23)25)22-13-8-6-11(7-9-13)19(26)27/h3-10,22H,2H2,1H3,(H,26,27). The topological polar surface area (TPSA) is 113 Å². The third-order valence-corrected chi connectivity index (χ3v) is 4.39. The molecule has 0 atom stereocenters. The number of ether oxygens (including phenoxy) is 1. The molecule has 1 aliphatic rings. The highest BCUT2D eigenvalue weighted by molar-refractivity contribution is 6.53. The van der Waals surface area contributed by atoms with Crippen LogP contribution in [0.2, 0.25) is 0 Å². The summed E-state index contributed by atoms with van der Waals surface area (Å²) in [4.78, 5) is 49.0. The van der Waals surface area contributed by atoms with E-state index >= 15 is 0 Å². The van der Waals surface area contributed by atoms with Crippen molar-refractivity contribution in [3.63, 3.8) is 0 Å². The molecule has 148 valence electrons. The lowest BCUT2D eigenvalue weighted by Gasteiger charge is -2.16. The van der Waals surface area contributed by atoms with Gasteiger partial charge in [-0.15, -0.1) is 0 Å². The first kappa shape index (κ1) is 20.1. The smallest absolute Gasteiger partial charge is 0.338 e. The van der Waals surface area contributed by atoms with Crippen molar-refractivity contribution < 1.29 is 29.0 Å². The summed E-state index contributed by atoms with van der Waals surface area (Å²) in [5, 5.41) is 11.4. The molecule has 0 aromatic heterocycles. The SMILES string of the molecule is CCOC(=O)c1cccc(N2C(=O)C(Cl)=C(Nc3ccc(C(=O)O)cc3)C2=O)c1. The van der Waals surface area contributed by atoms with E-state index < -0.39 is 23.8 Å². The van der Waals surface area contributed by atoms with E-state index in [2.05, 4.69) is 5.32 Å². The molecule has 0 saturated heterocycles. The largest absolute Gasteiger partial charge is 0.478 e. The Morgan fingerprint density at radius 3 is 2.38 bits per heavy atom. The Balaban J connectivity index is 1.86. The van der Waals surface area contributed by atoms with Gasteiger partial charge in [0.2, 0.25) is 0 Å². The van der Waals surface area contributed by atoms with Crippen LogP contribution in [0.3, 0.4) is 0 Å². The van der Waals surface area contributed by atoms with Gasteiger partial charge in [0.1, 0.15) is 10.7 Å². The average Bonchev–Trinajstić information content (AvgIpc) is 2.92. The lowest BCUT2D eigenvalue weighted by molar-refractivity contribution is -0.120. The maximum atomic E-state index is 12.8. The monoisotopic (exact) mass is 414 g/mol. The molecule has 0 unspecified atom stereocenters. The molecule has 2 amide bonds. The summed E-state index contributed by atoms with van der Waals surface area (Å²) in [6.07, 6.45) is 0. The predicted molar refractivity (Wildman–Crippen MR) is 105 cm³/mol. The number of imide groups is 1. The van der Waals surface area contributed by atoms with E-state index in [0.29, 0.717) is 5.69 Å². The Bertz CT molecular complexity index is 1050. The zero-order valence-electron chi connectivity index (χ0n) is 15.1. The molecular formula is C20H15ClN2O6. The number of aromatic carboxylic acids is 1. The second-order valence-corrected chi connectivity index (χ2v) is 6.29. The van der Waals surface area contributed by atoms with Gasteiger partial charge in [0.25, 0.3) is 11.8 Å². The Morgan fingerprint density at radius 1 is 1.07 bits per heavy atom. The number of halogens is 1. The highest BCUT2D eigenvalue weighted by Gasteiger charge is 2.39. The second-order valence-electron chi connectivity index (χ2n) is 5.91. The van der Waals surface area contributed by atoms with Crippen molar-refractivity contribution in [3.8, 4) is 0 Å². The minimum Gasteiger partial charge on any atom is -0.478 e. The number of amides is 2. The quantitative estimate of drug-likeness (QED) is 0.551. The van der Waals surface area contributed by atoms with Gasteiger partial charge in [-0.2, -0.15) is 0 Å². The van der Waals surface area contributed by atoms with Gasteiger partial charge in [0.15, 0.2) is 0 Å². The van der Waals surface area contributed by atoms with E-state index in [9.17, 15) is 19.2 Å². The van der Waals surface area contributed by atoms with Crippen molar-refractivity contribution >= 4 is 46.7 Å². The minimum absolute atomic E-state index is 0.0712. The van der Waals surface area contributed by atoms with Gasteiger partial charge in [-0.1, -0.05) is 17.7 Å². The Morgan fingerprint density at radius 2 is 1.76 bits per heavy atom. The molecule has 0 bridgehead atoms. The van der Waals surface area contributed by atoms with Gasteiger partial charge in [-0.25, -0.2) is 14.5 Å². The number of nitrogens with one attached hydrogen (secondary N) is 1. The summed E-state index contributed by atoms with van der Waals surface area (Å²) >= 11 is 6.07. The lowest BCUT2D eigenvalue weighted by atomic mass is 10.2. The average molecular weight is 415 g/mol. The number of hydrogen-bond donors (Lipinski definition) is 2. The molecule has 2 N–H and O–H groups in total. The van der Waals surface area contributed by atoms with Crippen molar-refractivity contribution in [2.24, 2.45) is 0 Å². The van der Waals surface area contributed by atoms with Crippen LogP contribution in [0.4, 0.5) is 11.4 Å². The van der Waals surface area contributed by atoms with E-state index in [-0.39, 0.29) is 34.2 Å². The van der Waals surface area contributed by atoms with Gasteiger partial charge in [-0.3, -0.25) is 9.59 Å². The van der Waals surface area contributed by atoms with Crippen LogP contribution in [0.5, 0.6) is 0 Å². The fraction of sp³-hybridized carbons (Fsp3) is 0.100. The van der Waals surface area contributed by atoms with Crippen molar-refractivity contribution in [2.75, 3.05) is 16.8 Å². The van der Waals surface area contributed by atoms with Gasteiger partial charge in [0, 0.05) is 5.69 Å². The molecule has 2 aromatic carbocycles. The van der Waals surface area contributed by atoms with E-state index in [1.165, 1.54) is 48.5 Å². The van der Waals surface area contributed by atoms with Crippen molar-refractivity contribution in [3.05, 3.63) is 70.4 Å². The molecule has 1 heterocycles. The third kappa shape index (κ3) is 3.97. The molecule has 0 saturated carbocycles. The van der Waals surface area contributed by atoms with E-state index in [1.807, 2.05) is 0 Å². The minimum atomic E-state index is -1.09. The van der Waals surface area contributed by atoms with Crippen molar-refractivity contribution in [2.45, 2.75) is 6.92 Å². The fourth-order valence-electron chi connectivity index (χ4n) is 2.67. The maximum absolute atomic E-state index is 12.8. The van der Waals surface area contributed by atoms with Crippen LogP contribution >= 0.6 is 11.6 Å². The van der Waals surface area contributed by atoms with E-state index in [0.717, 1.165) is 4.90 Å². The van der Waals surface area contributed by atoms with Crippen LogP contribution in [0.25, 0.3) is 0 Å². The molecular weight excluding hydrogens is 400 g/mol. The Labute approximate surface area is 170 Å². The first-order chi connectivity index (χ1) is 13.8. The number of anilines is 2. The number of benzene rings is 2. The molecule has 9 heteroatoms. The number of nitrogens with zero attached hydrogens (tertiary/aromatic N) is 1. The lowest BCUT2D eigenvalue weighted by Crippen LogP contribution is -2.32. The molecule has 8 nitrogen and oxygen atoms in total. The summed E-state index contributed by atoms with van der Waals surface area (Å²) in [6, 6.07) is 11.5. The van der Waals surface area contributed by atoms with Gasteiger partial charge < -0.3 is 15.2 Å². The summed E-state index contributed by atoms with van der Waals surface area (Å²) < 4.78 is 4.93. The van der Waals surface area contributed by atoms with Crippen LogP contribution in [-0.4, -0.2) is 35.5 Å². The van der Waals surface area contributed by atoms with Crippen LogP contribution in [0.1, 0.15) is 27.6 Å². The van der Waals surface area contributed by atoms with Crippen molar-refractivity contribution in [1.29, 1.82) is 0 Å². The van der Waals surface area contributed by atoms with Crippen molar-refractivity contribution in [1.82, 2.24) is 0 Å². The van der Waals surface area contributed by atoms with Crippen LogP contribution in [0, 0.1) is 0 Å². The molecule has 0 fully saturated rings. The van der Waals surface area contributed by atoms with Crippen LogP contribution < -0.4 is 10.2 Å². The second kappa shape index (κ2) is 8.15. The molecule has 0 spiro atoms. The highest BCUT2D eigenvalue weighted by Crippen LogP contribution is 2.30. The van der Waals surface area contributed by atoms with Gasteiger partial charge >= 0.3 is 11.9 Å². The zero-order chi connectivity index (χ0) is 21.1. The number of carbonyl (C=O) groups excluding carboxylic acids is 3. The number of esters is 1. The maximum Gasteiger partial charge on any atom is 0.338 e. The summed E-state index contributed by atoms with van der Waals surface area (Å²) in [6.45, 7) is 1.85. The normalized spacial score (nSPS) is 13.7. The summed E-state index contributed by atoms with van der Waals surface area (Å²) in [5.41, 5.74) is 0.656. The molecule has 3 rings (SSSR count).